The van der Waals surface area contributed by atoms with Gasteiger partial charge in [-0.3, -0.25) is 9.48 Å². The summed E-state index contributed by atoms with van der Waals surface area (Å²) < 4.78 is 1.62. The Morgan fingerprint density at radius 3 is 2.73 bits per heavy atom. The van der Waals surface area contributed by atoms with E-state index in [1.54, 1.807) is 16.6 Å². The number of aromatic nitrogens is 2. The summed E-state index contributed by atoms with van der Waals surface area (Å²) in [6.45, 7) is 6.49. The van der Waals surface area contributed by atoms with Gasteiger partial charge in [-0.2, -0.15) is 5.10 Å². The van der Waals surface area contributed by atoms with Crippen molar-refractivity contribution in [1.82, 2.24) is 14.7 Å². The normalized spacial score (nSPS) is 10.7. The van der Waals surface area contributed by atoms with Gasteiger partial charge < -0.3 is 10.6 Å². The summed E-state index contributed by atoms with van der Waals surface area (Å²) in [6, 6.07) is 0.150. The molecule has 0 radical (unpaired) electrons. The average molecular weight is 210 g/mol. The van der Waals surface area contributed by atoms with Crippen molar-refractivity contribution in [2.24, 2.45) is 0 Å². The molecular weight excluding hydrogens is 192 g/mol. The minimum absolute atomic E-state index is 0.0816. The van der Waals surface area contributed by atoms with Crippen molar-refractivity contribution >= 4 is 11.6 Å². The van der Waals surface area contributed by atoms with Gasteiger partial charge in [-0.1, -0.05) is 0 Å². The van der Waals surface area contributed by atoms with E-state index in [-0.39, 0.29) is 11.9 Å². The van der Waals surface area contributed by atoms with Crippen LogP contribution in [0.2, 0.25) is 0 Å². The lowest BCUT2D eigenvalue weighted by Gasteiger charge is -2.21. The lowest BCUT2D eigenvalue weighted by molar-refractivity contribution is 0.0743. The van der Waals surface area contributed by atoms with Crippen LogP contribution in [0.15, 0.2) is 6.20 Å². The van der Waals surface area contributed by atoms with Gasteiger partial charge in [0.2, 0.25) is 0 Å². The van der Waals surface area contributed by atoms with E-state index in [0.717, 1.165) is 0 Å². The van der Waals surface area contributed by atoms with Crippen LogP contribution in [0.4, 0.5) is 5.69 Å². The molecule has 0 aliphatic rings. The SMILES string of the molecule is CCn1ncc(N)c1C(=O)N(C)C(C)C. The molecule has 0 unspecified atom stereocenters. The van der Waals surface area contributed by atoms with Crippen molar-refractivity contribution in [2.45, 2.75) is 33.4 Å². The van der Waals surface area contributed by atoms with Crippen molar-refractivity contribution in [3.63, 3.8) is 0 Å². The Labute approximate surface area is 89.9 Å². The van der Waals surface area contributed by atoms with E-state index in [1.807, 2.05) is 20.8 Å². The highest BCUT2D eigenvalue weighted by atomic mass is 16.2. The minimum Gasteiger partial charge on any atom is -0.396 e. The van der Waals surface area contributed by atoms with Gasteiger partial charge in [0.1, 0.15) is 5.69 Å². The first-order valence-corrected chi connectivity index (χ1v) is 5.07. The van der Waals surface area contributed by atoms with Crippen LogP contribution >= 0.6 is 0 Å². The molecule has 84 valence electrons. The Morgan fingerprint density at radius 2 is 2.27 bits per heavy atom. The summed E-state index contributed by atoms with van der Waals surface area (Å²) in [5, 5.41) is 4.04. The number of hydrogen-bond donors (Lipinski definition) is 1. The number of carbonyl (C=O) groups excluding carboxylic acids is 1. The highest BCUT2D eigenvalue weighted by Gasteiger charge is 2.21. The Kier molecular flexibility index (Phi) is 3.34. The molecule has 15 heavy (non-hydrogen) atoms. The van der Waals surface area contributed by atoms with Gasteiger partial charge >= 0.3 is 0 Å². The molecule has 5 heteroatoms. The number of nitrogen functional groups attached to an aromatic ring is 1. The fourth-order valence-corrected chi connectivity index (χ4v) is 1.27. The Morgan fingerprint density at radius 1 is 1.67 bits per heavy atom. The van der Waals surface area contributed by atoms with E-state index in [0.29, 0.717) is 17.9 Å². The van der Waals surface area contributed by atoms with Gasteiger partial charge in [-0.05, 0) is 20.8 Å². The molecule has 0 fully saturated rings. The molecule has 0 spiro atoms. The zero-order valence-electron chi connectivity index (χ0n) is 9.69. The predicted octanol–water partition coefficient (Wildman–Crippen LogP) is 0.966. The molecule has 0 aromatic carbocycles. The smallest absolute Gasteiger partial charge is 0.274 e. The number of amides is 1. The number of rotatable bonds is 3. The monoisotopic (exact) mass is 210 g/mol. The van der Waals surface area contributed by atoms with E-state index in [1.165, 1.54) is 6.20 Å². The topological polar surface area (TPSA) is 64.2 Å². The summed E-state index contributed by atoms with van der Waals surface area (Å²) in [5.41, 5.74) is 6.64. The second kappa shape index (κ2) is 4.33. The summed E-state index contributed by atoms with van der Waals surface area (Å²) in [5.74, 6) is -0.0816. The van der Waals surface area contributed by atoms with E-state index in [9.17, 15) is 4.79 Å². The number of carbonyl (C=O) groups is 1. The molecule has 0 aliphatic carbocycles. The van der Waals surface area contributed by atoms with Crippen LogP contribution in [-0.2, 0) is 6.54 Å². The molecule has 0 atom stereocenters. The first-order chi connectivity index (χ1) is 6.99. The highest BCUT2D eigenvalue weighted by molar-refractivity contribution is 5.97. The maximum Gasteiger partial charge on any atom is 0.274 e. The summed E-state index contributed by atoms with van der Waals surface area (Å²) >= 11 is 0. The van der Waals surface area contributed by atoms with Crippen molar-refractivity contribution in [1.29, 1.82) is 0 Å². The van der Waals surface area contributed by atoms with E-state index in [4.69, 9.17) is 5.73 Å². The van der Waals surface area contributed by atoms with Crippen LogP contribution in [0, 0.1) is 0 Å². The van der Waals surface area contributed by atoms with Gasteiger partial charge in [0.15, 0.2) is 0 Å². The second-order valence-electron chi connectivity index (χ2n) is 3.77. The third kappa shape index (κ3) is 2.11. The van der Waals surface area contributed by atoms with Crippen LogP contribution in [0.1, 0.15) is 31.3 Å². The first-order valence-electron chi connectivity index (χ1n) is 5.07. The van der Waals surface area contributed by atoms with E-state index < -0.39 is 0 Å². The fraction of sp³-hybridized carbons (Fsp3) is 0.600. The lowest BCUT2D eigenvalue weighted by Crippen LogP contribution is -2.34. The van der Waals surface area contributed by atoms with Gasteiger partial charge in [-0.15, -0.1) is 0 Å². The largest absolute Gasteiger partial charge is 0.396 e. The van der Waals surface area contributed by atoms with Crippen LogP contribution < -0.4 is 5.73 Å². The van der Waals surface area contributed by atoms with Gasteiger partial charge in [0.25, 0.3) is 5.91 Å². The molecule has 0 saturated carbocycles. The summed E-state index contributed by atoms with van der Waals surface area (Å²) in [7, 11) is 1.76. The van der Waals surface area contributed by atoms with Crippen molar-refractivity contribution in [3.05, 3.63) is 11.9 Å². The van der Waals surface area contributed by atoms with Crippen LogP contribution in [0.5, 0.6) is 0 Å². The molecule has 1 amide bonds. The third-order valence-corrected chi connectivity index (χ3v) is 2.46. The molecular formula is C10H18N4O. The molecule has 1 aromatic heterocycles. The Balaban J connectivity index is 3.04. The predicted molar refractivity (Wildman–Crippen MR) is 59.5 cm³/mol. The number of nitrogens with two attached hydrogens (primary N) is 1. The molecule has 0 saturated heterocycles. The van der Waals surface area contributed by atoms with Crippen molar-refractivity contribution < 1.29 is 4.79 Å². The quantitative estimate of drug-likeness (QED) is 0.808. The number of anilines is 1. The molecule has 1 aromatic rings. The maximum atomic E-state index is 12.0. The second-order valence-corrected chi connectivity index (χ2v) is 3.77. The van der Waals surface area contributed by atoms with Crippen LogP contribution in [0.25, 0.3) is 0 Å². The molecule has 0 aliphatic heterocycles. The zero-order valence-corrected chi connectivity index (χ0v) is 9.69. The Hall–Kier alpha value is -1.52. The first kappa shape index (κ1) is 11.6. The molecule has 1 rings (SSSR count). The van der Waals surface area contributed by atoms with Gasteiger partial charge in [0.05, 0.1) is 11.9 Å². The summed E-state index contributed by atoms with van der Waals surface area (Å²) in [6.07, 6.45) is 1.52. The molecule has 0 bridgehead atoms. The fourth-order valence-electron chi connectivity index (χ4n) is 1.27. The number of hydrogen-bond acceptors (Lipinski definition) is 3. The van der Waals surface area contributed by atoms with Gasteiger partial charge in [0, 0.05) is 19.6 Å². The van der Waals surface area contributed by atoms with Crippen molar-refractivity contribution in [2.75, 3.05) is 12.8 Å². The maximum absolute atomic E-state index is 12.0. The third-order valence-electron chi connectivity index (χ3n) is 2.46. The van der Waals surface area contributed by atoms with Gasteiger partial charge in [-0.25, -0.2) is 0 Å². The lowest BCUT2D eigenvalue weighted by atomic mass is 10.2. The summed E-state index contributed by atoms with van der Waals surface area (Å²) in [4.78, 5) is 13.7. The number of nitrogens with zero attached hydrogens (tertiary/aromatic N) is 3. The van der Waals surface area contributed by atoms with Crippen molar-refractivity contribution in [3.8, 4) is 0 Å². The molecule has 5 nitrogen and oxygen atoms in total. The Bertz CT molecular complexity index is 356. The van der Waals surface area contributed by atoms with E-state index in [2.05, 4.69) is 5.10 Å². The van der Waals surface area contributed by atoms with E-state index >= 15 is 0 Å². The van der Waals surface area contributed by atoms with Crippen LogP contribution in [0.3, 0.4) is 0 Å². The standard InChI is InChI=1S/C10H18N4O/c1-5-14-9(8(11)6-12-14)10(15)13(4)7(2)3/h6-7H,5,11H2,1-4H3. The molecule has 2 N–H and O–H groups in total. The molecule has 1 heterocycles. The zero-order chi connectivity index (χ0) is 11.6. The average Bonchev–Trinajstić information content (AvgIpc) is 2.57. The minimum atomic E-state index is -0.0816. The highest BCUT2D eigenvalue weighted by Crippen LogP contribution is 2.14. The van der Waals surface area contributed by atoms with Crippen LogP contribution in [-0.4, -0.2) is 33.7 Å². The number of aryl methyl sites for hydroxylation is 1.